The minimum Gasteiger partial charge on any atom is -0.304 e. The van der Waals surface area contributed by atoms with E-state index >= 15 is 0 Å². The molecular weight excluding hydrogens is 374 g/mol. The van der Waals surface area contributed by atoms with Crippen LogP contribution >= 0.6 is 22.9 Å². The molecule has 0 atom stereocenters. The average molecular weight is 386 g/mol. The smallest absolute Gasteiger partial charge is 0.281 e. The Balaban J connectivity index is 2.19. The zero-order valence-electron chi connectivity index (χ0n) is 13.6. The maximum atomic E-state index is 12.6. The van der Waals surface area contributed by atoms with Crippen LogP contribution in [0.3, 0.4) is 0 Å². The molecule has 0 aliphatic heterocycles. The SMILES string of the molecule is C#CCn1c(=NC(=O)c2cc([N+](=O)[O-])ccc2Cl)sc2cccc(C)c21. The summed E-state index contributed by atoms with van der Waals surface area (Å²) in [6, 6.07) is 9.46. The molecule has 0 fully saturated rings. The summed E-state index contributed by atoms with van der Waals surface area (Å²) in [4.78, 5) is 27.5. The lowest BCUT2D eigenvalue weighted by Gasteiger charge is -2.03. The normalized spacial score (nSPS) is 11.5. The molecule has 1 aromatic heterocycles. The Bertz CT molecular complexity index is 1150. The highest BCUT2D eigenvalue weighted by atomic mass is 35.5. The number of terminal acetylenes is 1. The Hall–Kier alpha value is -2.95. The van der Waals surface area contributed by atoms with Crippen LogP contribution in [-0.2, 0) is 6.54 Å². The predicted molar refractivity (Wildman–Crippen MR) is 101 cm³/mol. The summed E-state index contributed by atoms with van der Waals surface area (Å²) >= 11 is 7.35. The molecule has 0 saturated heterocycles. The van der Waals surface area contributed by atoms with Crippen molar-refractivity contribution >= 4 is 44.7 Å². The van der Waals surface area contributed by atoms with Crippen molar-refractivity contribution in [1.29, 1.82) is 0 Å². The number of hydrogen-bond donors (Lipinski definition) is 0. The monoisotopic (exact) mass is 385 g/mol. The number of nitro benzene ring substituents is 1. The Morgan fingerprint density at radius 3 is 2.88 bits per heavy atom. The number of halogens is 1. The van der Waals surface area contributed by atoms with Crippen LogP contribution in [-0.4, -0.2) is 15.4 Å². The summed E-state index contributed by atoms with van der Waals surface area (Å²) in [5.74, 6) is 1.90. The Morgan fingerprint density at radius 2 is 2.19 bits per heavy atom. The van der Waals surface area contributed by atoms with Crippen LogP contribution in [0.5, 0.6) is 0 Å². The van der Waals surface area contributed by atoms with Gasteiger partial charge in [-0.1, -0.05) is 41.0 Å². The number of nitrogens with zero attached hydrogens (tertiary/aromatic N) is 3. The lowest BCUT2D eigenvalue weighted by molar-refractivity contribution is -0.384. The molecule has 0 N–H and O–H groups in total. The molecule has 0 spiro atoms. The largest absolute Gasteiger partial charge is 0.304 e. The van der Waals surface area contributed by atoms with Crippen LogP contribution in [0.4, 0.5) is 5.69 Å². The minimum absolute atomic E-state index is 0.0256. The molecule has 0 unspecified atom stereocenters. The van der Waals surface area contributed by atoms with E-state index in [0.717, 1.165) is 21.8 Å². The molecule has 3 rings (SSSR count). The van der Waals surface area contributed by atoms with E-state index in [1.165, 1.54) is 23.5 Å². The molecule has 6 nitrogen and oxygen atoms in total. The summed E-state index contributed by atoms with van der Waals surface area (Å²) in [5.41, 5.74) is 1.67. The van der Waals surface area contributed by atoms with Crippen LogP contribution in [0.25, 0.3) is 10.2 Å². The van der Waals surface area contributed by atoms with Crippen LogP contribution in [0.2, 0.25) is 5.02 Å². The first-order valence-corrected chi connectivity index (χ1v) is 8.67. The Labute approximate surface area is 157 Å². The minimum atomic E-state index is -0.659. The van der Waals surface area contributed by atoms with E-state index in [1.807, 2.05) is 25.1 Å². The van der Waals surface area contributed by atoms with Crippen LogP contribution < -0.4 is 4.80 Å². The van der Waals surface area contributed by atoms with Crippen LogP contribution in [0.15, 0.2) is 41.4 Å². The first-order valence-electron chi connectivity index (χ1n) is 7.48. The number of carbonyl (C=O) groups excluding carboxylic acids is 1. The second-order valence-electron chi connectivity index (χ2n) is 5.43. The number of thiazole rings is 1. The summed E-state index contributed by atoms with van der Waals surface area (Å²) in [6.07, 6.45) is 5.46. The highest BCUT2D eigenvalue weighted by Crippen LogP contribution is 2.24. The molecule has 1 heterocycles. The lowest BCUT2D eigenvalue weighted by Crippen LogP contribution is -2.17. The van der Waals surface area contributed by atoms with Gasteiger partial charge in [-0.3, -0.25) is 14.9 Å². The Morgan fingerprint density at radius 1 is 1.42 bits per heavy atom. The van der Waals surface area contributed by atoms with Gasteiger partial charge in [0.25, 0.3) is 11.6 Å². The summed E-state index contributed by atoms with van der Waals surface area (Å²) in [7, 11) is 0. The molecule has 0 aliphatic carbocycles. The lowest BCUT2D eigenvalue weighted by atomic mass is 10.2. The van der Waals surface area contributed by atoms with Crippen molar-refractivity contribution in [2.45, 2.75) is 13.5 Å². The van der Waals surface area contributed by atoms with Crippen LogP contribution in [0, 0.1) is 29.4 Å². The van der Waals surface area contributed by atoms with Gasteiger partial charge >= 0.3 is 0 Å². The Kier molecular flexibility index (Phi) is 4.89. The number of hydrogen-bond acceptors (Lipinski definition) is 4. The number of aromatic nitrogens is 1. The summed E-state index contributed by atoms with van der Waals surface area (Å²) in [5, 5.41) is 11.0. The van der Waals surface area contributed by atoms with Crippen molar-refractivity contribution in [1.82, 2.24) is 4.57 Å². The topological polar surface area (TPSA) is 77.5 Å². The number of benzene rings is 2. The molecule has 2 aromatic carbocycles. The van der Waals surface area contributed by atoms with E-state index < -0.39 is 10.8 Å². The molecule has 1 amide bonds. The van der Waals surface area contributed by atoms with E-state index in [9.17, 15) is 14.9 Å². The fraction of sp³-hybridized carbons (Fsp3) is 0.111. The van der Waals surface area contributed by atoms with E-state index in [1.54, 1.807) is 4.57 Å². The van der Waals surface area contributed by atoms with Gasteiger partial charge in [0.1, 0.15) is 0 Å². The summed E-state index contributed by atoms with van der Waals surface area (Å²) in [6.45, 7) is 2.20. The van der Waals surface area contributed by atoms with Gasteiger partial charge in [-0.2, -0.15) is 4.99 Å². The fourth-order valence-electron chi connectivity index (χ4n) is 2.57. The van der Waals surface area contributed by atoms with E-state index in [0.29, 0.717) is 4.80 Å². The van der Waals surface area contributed by atoms with Crippen molar-refractivity contribution in [3.05, 3.63) is 67.5 Å². The number of carbonyl (C=O) groups is 1. The molecule has 0 aliphatic rings. The van der Waals surface area contributed by atoms with Crippen molar-refractivity contribution in [3.8, 4) is 12.3 Å². The van der Waals surface area contributed by atoms with Gasteiger partial charge in [0.05, 0.1) is 32.3 Å². The number of nitro groups is 1. The molecular formula is C18H12ClN3O3S. The van der Waals surface area contributed by atoms with Gasteiger partial charge in [0.2, 0.25) is 0 Å². The maximum absolute atomic E-state index is 12.6. The standard InChI is InChI=1S/C18H12ClN3O3S/c1-3-9-21-16-11(2)5-4-6-15(16)26-18(21)20-17(23)13-10-12(22(24)25)7-8-14(13)19/h1,4-8,10H,9H2,2H3. The van der Waals surface area contributed by atoms with Gasteiger partial charge in [-0.25, -0.2) is 0 Å². The first-order chi connectivity index (χ1) is 12.4. The van der Waals surface area contributed by atoms with Gasteiger partial charge in [0, 0.05) is 12.1 Å². The number of non-ortho nitro benzene ring substituents is 1. The number of aryl methyl sites for hydroxylation is 1. The molecule has 8 heteroatoms. The number of para-hydroxylation sites is 1. The van der Waals surface area contributed by atoms with Crippen LogP contribution in [0.1, 0.15) is 15.9 Å². The van der Waals surface area contributed by atoms with E-state index in [2.05, 4.69) is 10.9 Å². The quantitative estimate of drug-likeness (QED) is 0.389. The molecule has 0 saturated carbocycles. The number of rotatable bonds is 3. The zero-order valence-corrected chi connectivity index (χ0v) is 15.2. The first kappa shape index (κ1) is 17.9. The van der Waals surface area contributed by atoms with Gasteiger partial charge in [-0.05, 0) is 24.6 Å². The van der Waals surface area contributed by atoms with E-state index in [-0.39, 0.29) is 22.8 Å². The molecule has 0 radical (unpaired) electrons. The zero-order chi connectivity index (χ0) is 18.8. The fourth-order valence-corrected chi connectivity index (χ4v) is 3.87. The summed E-state index contributed by atoms with van der Waals surface area (Å²) < 4.78 is 2.72. The second kappa shape index (κ2) is 7.12. The maximum Gasteiger partial charge on any atom is 0.281 e. The molecule has 26 heavy (non-hydrogen) atoms. The molecule has 0 bridgehead atoms. The van der Waals surface area contributed by atoms with Gasteiger partial charge in [0.15, 0.2) is 4.80 Å². The van der Waals surface area contributed by atoms with Gasteiger partial charge in [-0.15, -0.1) is 6.42 Å². The third-order valence-corrected chi connectivity index (χ3v) is 5.11. The average Bonchev–Trinajstić information content (AvgIpc) is 2.94. The third kappa shape index (κ3) is 3.25. The van der Waals surface area contributed by atoms with Crippen molar-refractivity contribution < 1.29 is 9.72 Å². The predicted octanol–water partition coefficient (Wildman–Crippen LogP) is 3.95. The highest BCUT2D eigenvalue weighted by molar-refractivity contribution is 7.16. The molecule has 130 valence electrons. The molecule has 3 aromatic rings. The second-order valence-corrected chi connectivity index (χ2v) is 6.85. The van der Waals surface area contributed by atoms with Gasteiger partial charge < -0.3 is 4.57 Å². The van der Waals surface area contributed by atoms with E-state index in [4.69, 9.17) is 18.0 Å². The van der Waals surface area contributed by atoms with Crippen molar-refractivity contribution in [2.75, 3.05) is 0 Å². The third-order valence-electron chi connectivity index (χ3n) is 3.74. The number of fused-ring (bicyclic) bond motifs is 1. The van der Waals surface area contributed by atoms with Crippen molar-refractivity contribution in [2.24, 2.45) is 4.99 Å². The number of amides is 1. The van der Waals surface area contributed by atoms with Crippen molar-refractivity contribution in [3.63, 3.8) is 0 Å². The highest BCUT2D eigenvalue weighted by Gasteiger charge is 2.16.